The number of rotatable bonds is 3. The Morgan fingerprint density at radius 2 is 2.42 bits per heavy atom. The molecule has 1 N–H and O–H groups in total. The molecule has 0 amide bonds. The van der Waals surface area contributed by atoms with Gasteiger partial charge in [-0.15, -0.1) is 0 Å². The zero-order valence-electron chi connectivity index (χ0n) is 10.9. The van der Waals surface area contributed by atoms with Gasteiger partial charge in [0.15, 0.2) is 0 Å². The first-order valence-electron chi connectivity index (χ1n) is 6.46. The number of hydrogen-bond acceptors (Lipinski definition) is 4. The lowest BCUT2D eigenvalue weighted by atomic mass is 10.0. The summed E-state index contributed by atoms with van der Waals surface area (Å²) in [5.41, 5.74) is 1.39. The van der Waals surface area contributed by atoms with Gasteiger partial charge in [0.05, 0.1) is 12.3 Å². The average Bonchev–Trinajstić information content (AvgIpc) is 2.84. The molecule has 0 saturated carbocycles. The van der Waals surface area contributed by atoms with Crippen LogP contribution in [0.15, 0.2) is 35.3 Å². The van der Waals surface area contributed by atoms with E-state index in [0.29, 0.717) is 18.8 Å². The zero-order chi connectivity index (χ0) is 13.3. The van der Waals surface area contributed by atoms with E-state index < -0.39 is 0 Å². The van der Waals surface area contributed by atoms with Crippen molar-refractivity contribution in [1.29, 1.82) is 0 Å². The number of fused-ring (bicyclic) bond motifs is 1. The van der Waals surface area contributed by atoms with Crippen molar-refractivity contribution in [2.45, 2.75) is 25.4 Å². The monoisotopic (exact) mass is 259 g/mol. The third kappa shape index (κ3) is 2.52. The molecule has 2 aromatic rings. The van der Waals surface area contributed by atoms with Crippen molar-refractivity contribution < 1.29 is 4.74 Å². The quantitative estimate of drug-likeness (QED) is 0.892. The van der Waals surface area contributed by atoms with Crippen LogP contribution in [-0.2, 0) is 11.3 Å². The van der Waals surface area contributed by atoms with Gasteiger partial charge in [0.25, 0.3) is 5.56 Å². The lowest BCUT2D eigenvalue weighted by molar-refractivity contribution is 0.171. The van der Waals surface area contributed by atoms with Crippen molar-refractivity contribution in [3.05, 3.63) is 46.5 Å². The van der Waals surface area contributed by atoms with Crippen molar-refractivity contribution in [3.63, 3.8) is 0 Å². The summed E-state index contributed by atoms with van der Waals surface area (Å²) in [5.74, 6) is 0. The molecule has 2 aromatic heterocycles. The Hall–Kier alpha value is -1.72. The Morgan fingerprint density at radius 3 is 3.21 bits per heavy atom. The number of pyridine rings is 1. The van der Waals surface area contributed by atoms with Crippen LogP contribution in [-0.4, -0.2) is 28.1 Å². The highest BCUT2D eigenvalue weighted by Gasteiger charge is 2.28. The van der Waals surface area contributed by atoms with Crippen LogP contribution >= 0.6 is 0 Å². The van der Waals surface area contributed by atoms with Gasteiger partial charge in [-0.1, -0.05) is 6.07 Å². The highest BCUT2D eigenvalue weighted by atomic mass is 16.5. The summed E-state index contributed by atoms with van der Waals surface area (Å²) in [6.45, 7) is 4.21. The van der Waals surface area contributed by atoms with Gasteiger partial charge in [-0.3, -0.25) is 9.20 Å². The van der Waals surface area contributed by atoms with Gasteiger partial charge in [0.1, 0.15) is 5.65 Å². The molecule has 100 valence electrons. The minimum Gasteiger partial charge on any atom is -0.379 e. The standard InChI is InChI=1S/C14H17N3O2/c1-14(5-7-19-10-14)15-9-11-8-13(18)17-6-3-2-4-12(17)16-11/h2-4,6,8,15H,5,7,9-10H2,1H3. The summed E-state index contributed by atoms with van der Waals surface area (Å²) in [7, 11) is 0. The summed E-state index contributed by atoms with van der Waals surface area (Å²) >= 11 is 0. The Labute approximate surface area is 111 Å². The van der Waals surface area contributed by atoms with Crippen LogP contribution in [0.1, 0.15) is 19.0 Å². The molecule has 0 aliphatic carbocycles. The molecule has 0 aromatic carbocycles. The van der Waals surface area contributed by atoms with E-state index in [4.69, 9.17) is 4.74 Å². The van der Waals surface area contributed by atoms with Crippen molar-refractivity contribution in [2.24, 2.45) is 0 Å². The molecule has 3 rings (SSSR count). The summed E-state index contributed by atoms with van der Waals surface area (Å²) in [6, 6.07) is 7.13. The minimum atomic E-state index is -0.0461. The van der Waals surface area contributed by atoms with Gasteiger partial charge in [-0.25, -0.2) is 4.98 Å². The van der Waals surface area contributed by atoms with E-state index >= 15 is 0 Å². The molecule has 1 aliphatic heterocycles. The first kappa shape index (κ1) is 12.3. The highest BCUT2D eigenvalue weighted by Crippen LogP contribution is 2.17. The van der Waals surface area contributed by atoms with Crippen LogP contribution in [0, 0.1) is 0 Å². The summed E-state index contributed by atoms with van der Waals surface area (Å²) in [5, 5.41) is 3.43. The Kier molecular flexibility index (Phi) is 3.08. The lowest BCUT2D eigenvalue weighted by Gasteiger charge is -2.23. The average molecular weight is 259 g/mol. The molecular weight excluding hydrogens is 242 g/mol. The number of nitrogens with one attached hydrogen (secondary N) is 1. The fraction of sp³-hybridized carbons (Fsp3) is 0.429. The highest BCUT2D eigenvalue weighted by molar-refractivity contribution is 5.37. The number of nitrogens with zero attached hydrogens (tertiary/aromatic N) is 2. The Balaban J connectivity index is 1.83. The number of hydrogen-bond donors (Lipinski definition) is 1. The third-order valence-electron chi connectivity index (χ3n) is 3.54. The second-order valence-electron chi connectivity index (χ2n) is 5.23. The third-order valence-corrected chi connectivity index (χ3v) is 3.54. The predicted octanol–water partition coefficient (Wildman–Crippen LogP) is 0.963. The maximum Gasteiger partial charge on any atom is 0.258 e. The summed E-state index contributed by atoms with van der Waals surface area (Å²) in [6.07, 6.45) is 2.72. The molecule has 1 aliphatic rings. The Bertz CT molecular complexity index is 644. The molecule has 1 saturated heterocycles. The molecule has 0 bridgehead atoms. The molecule has 5 heteroatoms. The van der Waals surface area contributed by atoms with Crippen LogP contribution < -0.4 is 10.9 Å². The van der Waals surface area contributed by atoms with E-state index in [-0.39, 0.29) is 11.1 Å². The summed E-state index contributed by atoms with van der Waals surface area (Å²) in [4.78, 5) is 16.4. The molecule has 19 heavy (non-hydrogen) atoms. The first-order chi connectivity index (χ1) is 9.16. The molecule has 1 fully saturated rings. The second kappa shape index (κ2) is 4.75. The van der Waals surface area contributed by atoms with E-state index in [1.165, 1.54) is 0 Å². The smallest absolute Gasteiger partial charge is 0.258 e. The van der Waals surface area contributed by atoms with Gasteiger partial charge < -0.3 is 10.1 Å². The number of aromatic nitrogens is 2. The van der Waals surface area contributed by atoms with E-state index in [1.54, 1.807) is 16.7 Å². The lowest BCUT2D eigenvalue weighted by Crippen LogP contribution is -2.42. The topological polar surface area (TPSA) is 55.6 Å². The van der Waals surface area contributed by atoms with Crippen LogP contribution in [0.3, 0.4) is 0 Å². The fourth-order valence-corrected chi connectivity index (χ4v) is 2.30. The van der Waals surface area contributed by atoms with E-state index in [1.807, 2.05) is 18.2 Å². The SMILES string of the molecule is CC1(NCc2cc(=O)n3ccccc3n2)CCOC1. The van der Waals surface area contributed by atoms with Gasteiger partial charge in [0, 0.05) is 31.0 Å². The predicted molar refractivity (Wildman–Crippen MR) is 72.1 cm³/mol. The Morgan fingerprint density at radius 1 is 1.53 bits per heavy atom. The van der Waals surface area contributed by atoms with Gasteiger partial charge >= 0.3 is 0 Å². The van der Waals surface area contributed by atoms with E-state index in [2.05, 4.69) is 17.2 Å². The van der Waals surface area contributed by atoms with Crippen LogP contribution in [0.25, 0.3) is 5.65 Å². The maximum absolute atomic E-state index is 11.9. The van der Waals surface area contributed by atoms with Crippen molar-refractivity contribution in [1.82, 2.24) is 14.7 Å². The van der Waals surface area contributed by atoms with E-state index in [9.17, 15) is 4.79 Å². The molecular formula is C14H17N3O2. The molecule has 3 heterocycles. The van der Waals surface area contributed by atoms with Crippen molar-refractivity contribution >= 4 is 5.65 Å². The number of ether oxygens (including phenoxy) is 1. The van der Waals surface area contributed by atoms with E-state index in [0.717, 1.165) is 18.7 Å². The van der Waals surface area contributed by atoms with Gasteiger partial charge in [-0.2, -0.15) is 0 Å². The first-order valence-corrected chi connectivity index (χ1v) is 6.46. The summed E-state index contributed by atoms with van der Waals surface area (Å²) < 4.78 is 6.94. The molecule has 5 nitrogen and oxygen atoms in total. The molecule has 1 atom stereocenters. The van der Waals surface area contributed by atoms with Crippen molar-refractivity contribution in [3.8, 4) is 0 Å². The van der Waals surface area contributed by atoms with Crippen molar-refractivity contribution in [2.75, 3.05) is 13.2 Å². The van der Waals surface area contributed by atoms with Crippen LogP contribution in [0.5, 0.6) is 0 Å². The maximum atomic E-state index is 11.9. The minimum absolute atomic E-state index is 0.0104. The fourth-order valence-electron chi connectivity index (χ4n) is 2.30. The zero-order valence-corrected chi connectivity index (χ0v) is 10.9. The van der Waals surface area contributed by atoms with Crippen LogP contribution in [0.4, 0.5) is 0 Å². The van der Waals surface area contributed by atoms with Crippen LogP contribution in [0.2, 0.25) is 0 Å². The van der Waals surface area contributed by atoms with Gasteiger partial charge in [0.2, 0.25) is 0 Å². The second-order valence-corrected chi connectivity index (χ2v) is 5.23. The van der Waals surface area contributed by atoms with Gasteiger partial charge in [-0.05, 0) is 25.5 Å². The normalized spacial score (nSPS) is 23.0. The molecule has 0 radical (unpaired) electrons. The molecule has 0 spiro atoms. The molecule has 1 unspecified atom stereocenters. The largest absolute Gasteiger partial charge is 0.379 e.